The van der Waals surface area contributed by atoms with Gasteiger partial charge in [0, 0.05) is 12.1 Å². The predicted molar refractivity (Wildman–Crippen MR) is 127 cm³/mol. The van der Waals surface area contributed by atoms with Gasteiger partial charge in [-0.05, 0) is 66.2 Å². The molecule has 0 heterocycles. The average Bonchev–Trinajstić information content (AvgIpc) is 2.89. The number of Topliss-reactive ketones (excluding diaryl/α,β-unsaturated/α-hetero) is 1. The summed E-state index contributed by atoms with van der Waals surface area (Å²) in [6, 6.07) is 19.1. The van der Waals surface area contributed by atoms with Gasteiger partial charge in [0.1, 0.15) is 43.7 Å². The van der Waals surface area contributed by atoms with E-state index in [2.05, 4.69) is 6.58 Å². The van der Waals surface area contributed by atoms with Crippen molar-refractivity contribution in [1.29, 1.82) is 0 Å². The Balaban J connectivity index is 1.38. The minimum absolute atomic E-state index is 0.0228. The molecule has 0 spiro atoms. The smallest absolute Gasteiger partial charge is 0.338 e. The van der Waals surface area contributed by atoms with Crippen molar-refractivity contribution in [3.8, 4) is 17.2 Å². The lowest BCUT2D eigenvalue weighted by Gasteiger charge is -2.09. The molecule has 3 rings (SSSR count). The SMILES string of the molecule is C=CCOC(=O)c1ccc(OCC(=O)COc2ccc(OCc3ccc([N+](=O)[O-])cc3)cc2)cc1. The second-order valence-corrected chi connectivity index (χ2v) is 7.21. The summed E-state index contributed by atoms with van der Waals surface area (Å²) in [4.78, 5) is 34.1. The van der Waals surface area contributed by atoms with Crippen LogP contribution in [-0.4, -0.2) is 36.5 Å². The van der Waals surface area contributed by atoms with Gasteiger partial charge in [-0.2, -0.15) is 0 Å². The lowest BCUT2D eigenvalue weighted by Crippen LogP contribution is -2.19. The van der Waals surface area contributed by atoms with Gasteiger partial charge >= 0.3 is 5.97 Å². The molecule has 0 unspecified atom stereocenters. The molecule has 3 aromatic carbocycles. The molecule has 0 amide bonds. The molecule has 3 aromatic rings. The highest BCUT2D eigenvalue weighted by molar-refractivity contribution is 5.89. The molecule has 9 nitrogen and oxygen atoms in total. The predicted octanol–water partition coefficient (Wildman–Crippen LogP) is 4.54. The van der Waals surface area contributed by atoms with Crippen LogP contribution in [0.2, 0.25) is 0 Å². The van der Waals surface area contributed by atoms with Crippen molar-refractivity contribution in [3.63, 3.8) is 0 Å². The summed E-state index contributed by atoms with van der Waals surface area (Å²) in [7, 11) is 0. The second kappa shape index (κ2) is 12.5. The molecule has 0 aliphatic carbocycles. The summed E-state index contributed by atoms with van der Waals surface area (Å²) >= 11 is 0. The summed E-state index contributed by atoms with van der Waals surface area (Å²) in [6.07, 6.45) is 1.48. The molecular formula is C26H23NO8. The maximum absolute atomic E-state index is 12.1. The van der Waals surface area contributed by atoms with Gasteiger partial charge in [0.15, 0.2) is 0 Å². The molecule has 0 fully saturated rings. The van der Waals surface area contributed by atoms with Crippen LogP contribution in [0.15, 0.2) is 85.5 Å². The fraction of sp³-hybridized carbons (Fsp3) is 0.154. The van der Waals surface area contributed by atoms with Gasteiger partial charge in [0.2, 0.25) is 5.78 Å². The zero-order valence-corrected chi connectivity index (χ0v) is 18.8. The van der Waals surface area contributed by atoms with E-state index in [1.807, 2.05) is 0 Å². The highest BCUT2D eigenvalue weighted by Crippen LogP contribution is 2.20. The third kappa shape index (κ3) is 8.01. The van der Waals surface area contributed by atoms with Crippen LogP contribution in [0, 0.1) is 10.1 Å². The van der Waals surface area contributed by atoms with E-state index >= 15 is 0 Å². The Morgan fingerprint density at radius 3 is 1.83 bits per heavy atom. The van der Waals surface area contributed by atoms with Crippen LogP contribution in [0.3, 0.4) is 0 Å². The van der Waals surface area contributed by atoms with E-state index in [1.165, 1.54) is 18.2 Å². The number of non-ortho nitro benzene ring substituents is 1. The zero-order valence-electron chi connectivity index (χ0n) is 18.8. The summed E-state index contributed by atoms with van der Waals surface area (Å²) in [6.45, 7) is 3.51. The monoisotopic (exact) mass is 477 g/mol. The Kier molecular flexibility index (Phi) is 8.95. The number of ether oxygens (including phenoxy) is 4. The van der Waals surface area contributed by atoms with Crippen LogP contribution in [0.25, 0.3) is 0 Å². The lowest BCUT2D eigenvalue weighted by atomic mass is 10.2. The Morgan fingerprint density at radius 1 is 0.800 bits per heavy atom. The first-order valence-electron chi connectivity index (χ1n) is 10.6. The Bertz CT molecular complexity index is 1160. The van der Waals surface area contributed by atoms with Crippen LogP contribution in [0.1, 0.15) is 15.9 Å². The first-order valence-corrected chi connectivity index (χ1v) is 10.6. The fourth-order valence-corrected chi connectivity index (χ4v) is 2.79. The number of hydrogen-bond acceptors (Lipinski definition) is 8. The number of esters is 1. The molecule has 0 N–H and O–H groups in total. The van der Waals surface area contributed by atoms with Crippen LogP contribution in [0.5, 0.6) is 17.2 Å². The Labute approximate surface area is 201 Å². The van der Waals surface area contributed by atoms with E-state index in [0.29, 0.717) is 22.8 Å². The van der Waals surface area contributed by atoms with Gasteiger partial charge in [-0.25, -0.2) is 4.79 Å². The van der Waals surface area contributed by atoms with E-state index in [1.54, 1.807) is 60.7 Å². The van der Waals surface area contributed by atoms with Crippen molar-refractivity contribution >= 4 is 17.4 Å². The molecule has 0 saturated heterocycles. The molecule has 9 heteroatoms. The molecule has 35 heavy (non-hydrogen) atoms. The maximum atomic E-state index is 12.1. The van der Waals surface area contributed by atoms with Crippen molar-refractivity contribution in [2.24, 2.45) is 0 Å². The number of benzene rings is 3. The van der Waals surface area contributed by atoms with E-state index in [0.717, 1.165) is 5.56 Å². The van der Waals surface area contributed by atoms with Crippen molar-refractivity contribution in [2.45, 2.75) is 6.61 Å². The summed E-state index contributed by atoms with van der Waals surface area (Å²) in [5, 5.41) is 10.7. The highest BCUT2D eigenvalue weighted by atomic mass is 16.6. The number of carbonyl (C=O) groups excluding carboxylic acids is 2. The first kappa shape index (κ1) is 25.0. The molecule has 0 bridgehead atoms. The number of hydrogen-bond donors (Lipinski definition) is 0. The number of ketones is 1. The van der Waals surface area contributed by atoms with Crippen molar-refractivity contribution in [1.82, 2.24) is 0 Å². The van der Waals surface area contributed by atoms with Crippen molar-refractivity contribution in [3.05, 3.63) is 107 Å². The van der Waals surface area contributed by atoms with Gasteiger partial charge in [-0.15, -0.1) is 0 Å². The summed E-state index contributed by atoms with van der Waals surface area (Å²) in [5.74, 6) is 0.778. The molecule has 0 radical (unpaired) electrons. The number of nitro groups is 1. The molecule has 0 aromatic heterocycles. The van der Waals surface area contributed by atoms with E-state index in [4.69, 9.17) is 18.9 Å². The normalized spacial score (nSPS) is 10.2. The summed E-state index contributed by atoms with van der Waals surface area (Å²) < 4.78 is 21.5. The largest absolute Gasteiger partial charge is 0.489 e. The average molecular weight is 477 g/mol. The minimum atomic E-state index is -0.469. The lowest BCUT2D eigenvalue weighted by molar-refractivity contribution is -0.384. The molecular weight excluding hydrogens is 454 g/mol. The third-order valence-electron chi connectivity index (χ3n) is 4.60. The van der Waals surface area contributed by atoms with Gasteiger partial charge in [0.05, 0.1) is 10.5 Å². The standard InChI is InChI=1S/C26H23NO8/c1-2-15-32-26(29)20-5-9-23(10-6-20)34-17-22(28)18-35-25-13-11-24(12-14-25)33-16-19-3-7-21(8-4-19)27(30)31/h2-14H,1,15-18H2. The van der Waals surface area contributed by atoms with E-state index in [9.17, 15) is 19.7 Å². The Morgan fingerprint density at radius 2 is 1.31 bits per heavy atom. The van der Waals surface area contributed by atoms with Gasteiger partial charge in [0.25, 0.3) is 5.69 Å². The summed E-state index contributed by atoms with van der Waals surface area (Å²) in [5.41, 5.74) is 1.19. The fourth-order valence-electron chi connectivity index (χ4n) is 2.79. The van der Waals surface area contributed by atoms with Crippen molar-refractivity contribution in [2.75, 3.05) is 19.8 Å². The zero-order chi connectivity index (χ0) is 25.0. The number of nitro benzene ring substituents is 1. The van der Waals surface area contributed by atoms with Crippen LogP contribution in [0.4, 0.5) is 5.69 Å². The van der Waals surface area contributed by atoms with Crippen LogP contribution in [-0.2, 0) is 16.1 Å². The maximum Gasteiger partial charge on any atom is 0.338 e. The number of rotatable bonds is 13. The minimum Gasteiger partial charge on any atom is -0.489 e. The molecule has 0 aliphatic rings. The van der Waals surface area contributed by atoms with E-state index in [-0.39, 0.29) is 37.9 Å². The first-order chi connectivity index (χ1) is 16.9. The second-order valence-electron chi connectivity index (χ2n) is 7.21. The van der Waals surface area contributed by atoms with Crippen LogP contribution >= 0.6 is 0 Å². The van der Waals surface area contributed by atoms with Crippen molar-refractivity contribution < 1.29 is 33.5 Å². The molecule has 180 valence electrons. The van der Waals surface area contributed by atoms with E-state index < -0.39 is 10.9 Å². The molecule has 0 atom stereocenters. The number of nitrogens with zero attached hydrogens (tertiary/aromatic N) is 1. The number of carbonyl (C=O) groups is 2. The van der Waals surface area contributed by atoms with Gasteiger partial charge in [-0.1, -0.05) is 12.7 Å². The molecule has 0 saturated carbocycles. The Hall–Kier alpha value is -4.66. The highest BCUT2D eigenvalue weighted by Gasteiger charge is 2.09. The quantitative estimate of drug-likeness (QED) is 0.153. The topological polar surface area (TPSA) is 114 Å². The molecule has 0 aliphatic heterocycles. The van der Waals surface area contributed by atoms with Gasteiger partial charge in [-0.3, -0.25) is 14.9 Å². The third-order valence-corrected chi connectivity index (χ3v) is 4.60. The van der Waals surface area contributed by atoms with Gasteiger partial charge < -0.3 is 18.9 Å². The van der Waals surface area contributed by atoms with Crippen LogP contribution < -0.4 is 14.2 Å².